The lowest BCUT2D eigenvalue weighted by molar-refractivity contribution is 0.103. The summed E-state index contributed by atoms with van der Waals surface area (Å²) in [5.41, 5.74) is 2.56. The summed E-state index contributed by atoms with van der Waals surface area (Å²) in [6, 6.07) is 9.67. The van der Waals surface area contributed by atoms with Gasteiger partial charge in [0.2, 0.25) is 0 Å². The number of benzene rings is 1. The number of aromatic nitrogens is 1. The standard InChI is InChI=1S/C15H10BrNOS/c16-12-3-4-14-13(7-12)15(18)11(9-19-14)6-10-2-1-5-17-8-10/h1-8H,9H2/b11-6-. The number of ketones is 1. The molecule has 1 aliphatic heterocycles. The van der Waals surface area contributed by atoms with E-state index in [0.717, 1.165) is 26.1 Å². The number of carbonyl (C=O) groups excluding carboxylic acids is 1. The fourth-order valence-corrected chi connectivity index (χ4v) is 3.33. The van der Waals surface area contributed by atoms with Gasteiger partial charge in [0.15, 0.2) is 5.78 Å². The van der Waals surface area contributed by atoms with Crippen LogP contribution in [0, 0.1) is 0 Å². The summed E-state index contributed by atoms with van der Waals surface area (Å²) in [7, 11) is 0. The summed E-state index contributed by atoms with van der Waals surface area (Å²) in [5.74, 6) is 0.821. The quantitative estimate of drug-likeness (QED) is 0.733. The van der Waals surface area contributed by atoms with E-state index in [4.69, 9.17) is 0 Å². The number of fused-ring (bicyclic) bond motifs is 1. The van der Waals surface area contributed by atoms with Gasteiger partial charge in [0.05, 0.1) is 0 Å². The second-order valence-corrected chi connectivity index (χ2v) is 6.15. The molecule has 2 aromatic rings. The molecule has 94 valence electrons. The average molecular weight is 332 g/mol. The van der Waals surface area contributed by atoms with E-state index in [9.17, 15) is 4.79 Å². The summed E-state index contributed by atoms with van der Waals surface area (Å²) < 4.78 is 0.933. The molecule has 4 heteroatoms. The highest BCUT2D eigenvalue weighted by Gasteiger charge is 2.22. The Morgan fingerprint density at radius 3 is 3.00 bits per heavy atom. The fraction of sp³-hybridized carbons (Fsp3) is 0.0667. The number of thioether (sulfide) groups is 1. The molecule has 0 unspecified atom stereocenters. The lowest BCUT2D eigenvalue weighted by Crippen LogP contribution is -2.12. The van der Waals surface area contributed by atoms with Gasteiger partial charge >= 0.3 is 0 Å². The van der Waals surface area contributed by atoms with Crippen molar-refractivity contribution in [2.75, 3.05) is 5.75 Å². The molecule has 0 radical (unpaired) electrons. The van der Waals surface area contributed by atoms with Crippen LogP contribution in [0.5, 0.6) is 0 Å². The average Bonchev–Trinajstić information content (AvgIpc) is 2.44. The van der Waals surface area contributed by atoms with Gasteiger partial charge in [0.25, 0.3) is 0 Å². The molecule has 2 nitrogen and oxygen atoms in total. The molecule has 2 heterocycles. The zero-order valence-corrected chi connectivity index (χ0v) is 12.4. The Morgan fingerprint density at radius 2 is 2.21 bits per heavy atom. The van der Waals surface area contributed by atoms with Gasteiger partial charge in [-0.2, -0.15) is 0 Å². The fourth-order valence-electron chi connectivity index (χ4n) is 1.97. The van der Waals surface area contributed by atoms with Gasteiger partial charge in [0.1, 0.15) is 0 Å². The molecule has 0 fully saturated rings. The van der Waals surface area contributed by atoms with Crippen LogP contribution < -0.4 is 0 Å². The Kier molecular flexibility index (Phi) is 3.53. The van der Waals surface area contributed by atoms with Crippen LogP contribution >= 0.6 is 27.7 Å². The molecule has 19 heavy (non-hydrogen) atoms. The predicted molar refractivity (Wildman–Crippen MR) is 81.4 cm³/mol. The first-order valence-corrected chi connectivity index (χ1v) is 7.59. The van der Waals surface area contributed by atoms with E-state index in [2.05, 4.69) is 20.9 Å². The summed E-state index contributed by atoms with van der Waals surface area (Å²) in [5, 5.41) is 0. The second kappa shape index (κ2) is 5.31. The summed E-state index contributed by atoms with van der Waals surface area (Å²) in [6.07, 6.45) is 5.42. The van der Waals surface area contributed by atoms with Crippen molar-refractivity contribution in [2.24, 2.45) is 0 Å². The molecule has 1 aromatic carbocycles. The number of rotatable bonds is 1. The molecule has 0 atom stereocenters. The number of hydrogen-bond acceptors (Lipinski definition) is 3. The predicted octanol–water partition coefficient (Wildman–Crippen LogP) is 4.22. The maximum atomic E-state index is 12.5. The summed E-state index contributed by atoms with van der Waals surface area (Å²) >= 11 is 5.11. The van der Waals surface area contributed by atoms with Crippen LogP contribution in [0.4, 0.5) is 0 Å². The Bertz CT molecular complexity index is 667. The highest BCUT2D eigenvalue weighted by molar-refractivity contribution is 9.10. The minimum absolute atomic E-state index is 0.110. The van der Waals surface area contributed by atoms with Gasteiger partial charge in [-0.1, -0.05) is 22.0 Å². The van der Waals surface area contributed by atoms with Crippen molar-refractivity contribution >= 4 is 39.6 Å². The number of Topliss-reactive ketones (excluding diaryl/α,β-unsaturated/α-hetero) is 1. The maximum Gasteiger partial charge on any atom is 0.191 e. The Morgan fingerprint density at radius 1 is 1.32 bits per heavy atom. The first-order chi connectivity index (χ1) is 9.24. The number of hydrogen-bond donors (Lipinski definition) is 0. The minimum Gasteiger partial charge on any atom is -0.289 e. The van der Waals surface area contributed by atoms with Crippen molar-refractivity contribution in [3.05, 3.63) is 63.9 Å². The molecule has 0 bridgehead atoms. The van der Waals surface area contributed by atoms with Crippen LogP contribution in [-0.4, -0.2) is 16.5 Å². The number of pyridine rings is 1. The van der Waals surface area contributed by atoms with Gasteiger partial charge in [-0.3, -0.25) is 9.78 Å². The Labute approximate surface area is 124 Å². The van der Waals surface area contributed by atoms with Crippen molar-refractivity contribution in [3.63, 3.8) is 0 Å². The largest absolute Gasteiger partial charge is 0.289 e. The highest BCUT2D eigenvalue weighted by atomic mass is 79.9. The number of halogens is 1. The van der Waals surface area contributed by atoms with Crippen LogP contribution in [0.25, 0.3) is 6.08 Å². The van der Waals surface area contributed by atoms with E-state index in [1.54, 1.807) is 24.2 Å². The van der Waals surface area contributed by atoms with Crippen molar-refractivity contribution in [1.29, 1.82) is 0 Å². The SMILES string of the molecule is O=C1/C(=C\c2cccnc2)CSc2ccc(Br)cc21. The third kappa shape index (κ3) is 2.65. The molecule has 0 aliphatic carbocycles. The smallest absolute Gasteiger partial charge is 0.191 e. The summed E-state index contributed by atoms with van der Waals surface area (Å²) in [4.78, 5) is 17.6. The van der Waals surface area contributed by atoms with Crippen molar-refractivity contribution in [2.45, 2.75) is 4.90 Å². The van der Waals surface area contributed by atoms with Gasteiger partial charge in [-0.15, -0.1) is 11.8 Å². The zero-order chi connectivity index (χ0) is 13.2. The Hall–Kier alpha value is -1.39. The number of carbonyl (C=O) groups is 1. The van der Waals surface area contributed by atoms with Crippen LogP contribution in [0.15, 0.2) is 57.7 Å². The van der Waals surface area contributed by atoms with Gasteiger partial charge < -0.3 is 0 Å². The molecule has 0 spiro atoms. The lowest BCUT2D eigenvalue weighted by Gasteiger charge is -2.17. The molecular weight excluding hydrogens is 322 g/mol. The van der Waals surface area contributed by atoms with Gasteiger partial charge in [0, 0.05) is 38.7 Å². The normalized spacial score (nSPS) is 16.5. The maximum absolute atomic E-state index is 12.5. The van der Waals surface area contributed by atoms with E-state index >= 15 is 0 Å². The molecule has 3 rings (SSSR count). The minimum atomic E-state index is 0.110. The molecule has 1 aromatic heterocycles. The van der Waals surface area contributed by atoms with E-state index in [1.165, 1.54) is 0 Å². The van der Waals surface area contributed by atoms with Crippen LogP contribution in [0.1, 0.15) is 15.9 Å². The second-order valence-electron chi connectivity index (χ2n) is 4.21. The molecular formula is C15H10BrNOS. The third-order valence-electron chi connectivity index (χ3n) is 2.89. The lowest BCUT2D eigenvalue weighted by atomic mass is 10.0. The van der Waals surface area contributed by atoms with E-state index < -0.39 is 0 Å². The van der Waals surface area contributed by atoms with E-state index in [-0.39, 0.29) is 5.78 Å². The molecule has 1 aliphatic rings. The Balaban J connectivity index is 2.00. The first-order valence-electron chi connectivity index (χ1n) is 5.82. The van der Waals surface area contributed by atoms with Gasteiger partial charge in [-0.25, -0.2) is 0 Å². The van der Waals surface area contributed by atoms with Crippen LogP contribution in [0.2, 0.25) is 0 Å². The molecule has 0 amide bonds. The molecule has 0 saturated heterocycles. The van der Waals surface area contributed by atoms with Crippen molar-refractivity contribution in [1.82, 2.24) is 4.98 Å². The number of nitrogens with zero attached hydrogens (tertiary/aromatic N) is 1. The van der Waals surface area contributed by atoms with E-state index in [0.29, 0.717) is 5.75 Å². The first kappa shape index (κ1) is 12.6. The molecule has 0 N–H and O–H groups in total. The van der Waals surface area contributed by atoms with Gasteiger partial charge in [-0.05, 0) is 35.9 Å². The van der Waals surface area contributed by atoms with E-state index in [1.807, 2.05) is 36.4 Å². The van der Waals surface area contributed by atoms with Crippen LogP contribution in [0.3, 0.4) is 0 Å². The van der Waals surface area contributed by atoms with Crippen molar-refractivity contribution in [3.8, 4) is 0 Å². The highest BCUT2D eigenvalue weighted by Crippen LogP contribution is 2.34. The third-order valence-corrected chi connectivity index (χ3v) is 4.50. The summed E-state index contributed by atoms with van der Waals surface area (Å²) in [6.45, 7) is 0. The topological polar surface area (TPSA) is 30.0 Å². The zero-order valence-electron chi connectivity index (χ0n) is 9.97. The van der Waals surface area contributed by atoms with Crippen LogP contribution in [-0.2, 0) is 0 Å². The molecule has 0 saturated carbocycles. The van der Waals surface area contributed by atoms with Crippen molar-refractivity contribution < 1.29 is 4.79 Å². The monoisotopic (exact) mass is 331 g/mol.